The fourth-order valence-electron chi connectivity index (χ4n) is 5.16. The summed E-state index contributed by atoms with van der Waals surface area (Å²) in [6.07, 6.45) is 2.42. The van der Waals surface area contributed by atoms with Gasteiger partial charge in [-0.05, 0) is 55.0 Å². The number of amides is 1. The first-order valence-corrected chi connectivity index (χ1v) is 13.4. The van der Waals surface area contributed by atoms with Crippen molar-refractivity contribution in [3.8, 4) is 11.3 Å². The second-order valence-electron chi connectivity index (χ2n) is 9.98. The molecule has 0 bridgehead atoms. The molecule has 37 heavy (non-hydrogen) atoms. The summed E-state index contributed by atoms with van der Waals surface area (Å²) in [6, 6.07) is 13.6. The summed E-state index contributed by atoms with van der Waals surface area (Å²) in [5, 5.41) is 8.19. The Kier molecular flexibility index (Phi) is 6.75. The van der Waals surface area contributed by atoms with E-state index in [0.717, 1.165) is 54.9 Å². The van der Waals surface area contributed by atoms with E-state index in [1.54, 1.807) is 0 Å². The van der Waals surface area contributed by atoms with Crippen molar-refractivity contribution in [2.75, 3.05) is 18.0 Å². The molecule has 3 atom stereocenters. The van der Waals surface area contributed by atoms with Gasteiger partial charge in [-0.15, -0.1) is 5.48 Å². The molecule has 2 saturated heterocycles. The maximum absolute atomic E-state index is 11.3. The Morgan fingerprint density at radius 3 is 2.51 bits per heavy atom. The highest BCUT2D eigenvalue weighted by atomic mass is 35.5. The number of nitrogens with zero attached hydrogens (tertiary/aromatic N) is 2. The Morgan fingerprint density at radius 1 is 1.11 bits per heavy atom. The summed E-state index contributed by atoms with van der Waals surface area (Å²) in [5.74, 6) is 1.62. The average Bonchev–Trinajstić information content (AvgIpc) is 3.51. The van der Waals surface area contributed by atoms with Crippen molar-refractivity contribution < 1.29 is 18.9 Å². The molecule has 3 fully saturated rings. The van der Waals surface area contributed by atoms with Crippen LogP contribution in [0.3, 0.4) is 0 Å². The molecule has 194 valence electrons. The number of nitrogens with one attached hydrogen (secondary N) is 2. The van der Waals surface area contributed by atoms with E-state index in [9.17, 15) is 4.79 Å². The van der Waals surface area contributed by atoms with Gasteiger partial charge < -0.3 is 19.0 Å². The number of piperidine rings is 1. The normalized spacial score (nSPS) is 23.7. The Morgan fingerprint density at radius 2 is 1.86 bits per heavy atom. The molecule has 3 aromatic rings. The van der Waals surface area contributed by atoms with E-state index in [0.29, 0.717) is 39.7 Å². The van der Waals surface area contributed by atoms with Crippen molar-refractivity contribution >= 4 is 35.0 Å². The van der Waals surface area contributed by atoms with Gasteiger partial charge in [0, 0.05) is 35.8 Å². The van der Waals surface area contributed by atoms with Crippen LogP contribution in [0.1, 0.15) is 55.2 Å². The summed E-state index contributed by atoms with van der Waals surface area (Å²) in [5.41, 5.74) is 7.10. The smallest absolute Gasteiger partial charge is 0.373 e. The third-order valence-electron chi connectivity index (χ3n) is 7.36. The fourth-order valence-corrected chi connectivity index (χ4v) is 5.74. The first-order chi connectivity index (χ1) is 18.0. The largest absolute Gasteiger partial charge is 0.427 e. The van der Waals surface area contributed by atoms with Gasteiger partial charge in [0.1, 0.15) is 17.6 Å². The lowest BCUT2D eigenvalue weighted by atomic mass is 9.95. The van der Waals surface area contributed by atoms with Crippen LogP contribution in [0, 0.1) is 5.92 Å². The molecule has 1 aromatic heterocycles. The Bertz CT molecular complexity index is 1270. The topological polar surface area (TPSA) is 88.9 Å². The zero-order valence-electron chi connectivity index (χ0n) is 20.4. The van der Waals surface area contributed by atoms with Crippen LogP contribution in [0.15, 0.2) is 47.0 Å². The molecule has 0 spiro atoms. The Balaban J connectivity index is 1.12. The Labute approximate surface area is 225 Å². The number of rotatable bonds is 7. The molecule has 3 heterocycles. The molecule has 3 aliphatic rings. The van der Waals surface area contributed by atoms with Gasteiger partial charge in [-0.2, -0.15) is 0 Å². The van der Waals surface area contributed by atoms with E-state index in [2.05, 4.69) is 39.9 Å². The quantitative estimate of drug-likeness (QED) is 0.367. The van der Waals surface area contributed by atoms with E-state index >= 15 is 0 Å². The lowest BCUT2D eigenvalue weighted by Crippen LogP contribution is -2.43. The number of benzene rings is 2. The second-order valence-corrected chi connectivity index (χ2v) is 10.8. The SMILES string of the molecule is C[C@H]1CN(c2ccc(C3NOC(=O)N3)cc2)CC[C@@H]1OCc1c(-c2c(Cl)cccc2Cl)noc1C1CC1. The van der Waals surface area contributed by atoms with E-state index in [4.69, 9.17) is 37.3 Å². The highest BCUT2D eigenvalue weighted by Gasteiger charge is 2.35. The second kappa shape index (κ2) is 10.2. The van der Waals surface area contributed by atoms with Gasteiger partial charge in [-0.3, -0.25) is 5.32 Å². The van der Waals surface area contributed by atoms with Crippen LogP contribution in [0.4, 0.5) is 10.5 Å². The monoisotopic (exact) mass is 542 g/mol. The van der Waals surface area contributed by atoms with Gasteiger partial charge in [0.2, 0.25) is 0 Å². The first kappa shape index (κ1) is 24.6. The van der Waals surface area contributed by atoms with Crippen molar-refractivity contribution in [3.63, 3.8) is 0 Å². The van der Waals surface area contributed by atoms with Gasteiger partial charge in [-0.1, -0.05) is 53.5 Å². The molecule has 0 radical (unpaired) electrons. The minimum Gasteiger partial charge on any atom is -0.373 e. The van der Waals surface area contributed by atoms with Gasteiger partial charge in [0.25, 0.3) is 0 Å². The first-order valence-electron chi connectivity index (χ1n) is 12.6. The number of hydrogen-bond acceptors (Lipinski definition) is 7. The summed E-state index contributed by atoms with van der Waals surface area (Å²) >= 11 is 13.0. The number of halogens is 2. The van der Waals surface area contributed by atoms with Crippen molar-refractivity contribution in [1.82, 2.24) is 16.0 Å². The van der Waals surface area contributed by atoms with Gasteiger partial charge in [0.05, 0.1) is 22.8 Å². The molecule has 2 aromatic carbocycles. The van der Waals surface area contributed by atoms with E-state index in [-0.39, 0.29) is 12.3 Å². The lowest BCUT2D eigenvalue weighted by molar-refractivity contribution is -0.00534. The van der Waals surface area contributed by atoms with Crippen LogP contribution >= 0.6 is 23.2 Å². The number of ether oxygens (including phenoxy) is 1. The summed E-state index contributed by atoms with van der Waals surface area (Å²) in [4.78, 5) is 18.4. The van der Waals surface area contributed by atoms with Crippen LogP contribution in [-0.4, -0.2) is 30.4 Å². The molecule has 2 N–H and O–H groups in total. The van der Waals surface area contributed by atoms with Crippen LogP contribution in [-0.2, 0) is 16.2 Å². The highest BCUT2D eigenvalue weighted by molar-refractivity contribution is 6.39. The fraction of sp³-hybridized carbons (Fsp3) is 0.407. The minimum atomic E-state index is -0.470. The number of carbonyl (C=O) groups is 1. The summed E-state index contributed by atoms with van der Waals surface area (Å²) in [7, 11) is 0. The molecule has 1 amide bonds. The number of anilines is 1. The van der Waals surface area contributed by atoms with Crippen molar-refractivity contribution in [3.05, 3.63) is 69.4 Å². The standard InChI is InChI=1S/C27H28Cl2N4O4/c1-15-13-33(18-9-7-17(8-10-18)26-30-27(34)37-32-26)12-11-22(15)35-14-19-24(31-36-25(19)16-5-6-16)23-20(28)3-2-4-21(23)29/h2-4,7-10,15-16,22,26,32H,5-6,11-14H2,1H3,(H,30,34)/t15-,22-,26?/m0/s1. The third kappa shape index (κ3) is 5.03. The zero-order chi connectivity index (χ0) is 25.5. The predicted octanol–water partition coefficient (Wildman–Crippen LogP) is 6.20. The molecule has 8 nitrogen and oxygen atoms in total. The average molecular weight is 543 g/mol. The molecule has 2 aliphatic heterocycles. The molecule has 10 heteroatoms. The van der Waals surface area contributed by atoms with Crippen LogP contribution < -0.4 is 15.7 Å². The molecule has 1 unspecified atom stereocenters. The van der Waals surface area contributed by atoms with Crippen molar-refractivity contribution in [1.29, 1.82) is 0 Å². The molecule has 1 aliphatic carbocycles. The summed E-state index contributed by atoms with van der Waals surface area (Å²) < 4.78 is 12.3. The van der Waals surface area contributed by atoms with Crippen LogP contribution in [0.2, 0.25) is 10.0 Å². The van der Waals surface area contributed by atoms with Gasteiger partial charge >= 0.3 is 6.09 Å². The van der Waals surface area contributed by atoms with E-state index in [1.165, 1.54) is 0 Å². The molecule has 6 rings (SSSR count). The lowest BCUT2D eigenvalue weighted by Gasteiger charge is -2.38. The van der Waals surface area contributed by atoms with Gasteiger partial charge in [0.15, 0.2) is 0 Å². The van der Waals surface area contributed by atoms with Crippen LogP contribution in [0.5, 0.6) is 0 Å². The molecular weight excluding hydrogens is 515 g/mol. The zero-order valence-corrected chi connectivity index (χ0v) is 21.9. The number of carbonyl (C=O) groups excluding carboxylic acids is 1. The maximum Gasteiger partial charge on any atom is 0.427 e. The number of aromatic nitrogens is 1. The summed E-state index contributed by atoms with van der Waals surface area (Å²) in [6.45, 7) is 4.41. The third-order valence-corrected chi connectivity index (χ3v) is 7.99. The maximum atomic E-state index is 11.3. The van der Waals surface area contributed by atoms with Gasteiger partial charge in [-0.25, -0.2) is 4.79 Å². The highest BCUT2D eigenvalue weighted by Crippen LogP contribution is 2.46. The number of hydroxylamine groups is 1. The van der Waals surface area contributed by atoms with Crippen LogP contribution in [0.25, 0.3) is 11.3 Å². The molecule has 1 saturated carbocycles. The van der Waals surface area contributed by atoms with Crippen molar-refractivity contribution in [2.24, 2.45) is 5.92 Å². The number of hydrogen-bond donors (Lipinski definition) is 2. The predicted molar refractivity (Wildman–Crippen MR) is 140 cm³/mol. The molecular formula is C27H28Cl2N4O4. The van der Waals surface area contributed by atoms with Crippen molar-refractivity contribution in [2.45, 2.75) is 51.0 Å². The Hall–Kier alpha value is -2.78. The minimum absolute atomic E-state index is 0.113. The van der Waals surface area contributed by atoms with E-state index < -0.39 is 6.09 Å². The van der Waals surface area contributed by atoms with E-state index in [1.807, 2.05) is 30.3 Å².